The van der Waals surface area contributed by atoms with Crippen LogP contribution in [-0.4, -0.2) is 54.7 Å². The largest absolute Gasteiger partial charge is 0.393 e. The van der Waals surface area contributed by atoms with E-state index in [-0.39, 0.29) is 17.9 Å². The van der Waals surface area contributed by atoms with Crippen LogP contribution >= 0.6 is 0 Å². The third-order valence-corrected chi connectivity index (χ3v) is 4.17. The first-order valence-corrected chi connectivity index (χ1v) is 7.56. The molecule has 0 bridgehead atoms. The number of carbonyl (C=O) groups is 1. The molecule has 1 fully saturated rings. The lowest BCUT2D eigenvalue weighted by atomic mass is 9.86. The third-order valence-electron chi connectivity index (χ3n) is 4.17. The molecule has 116 valence electrons. The molecule has 2 unspecified atom stereocenters. The van der Waals surface area contributed by atoms with Crippen molar-refractivity contribution in [1.29, 1.82) is 0 Å². The van der Waals surface area contributed by atoms with Gasteiger partial charge in [-0.3, -0.25) is 4.79 Å². The normalized spacial score (nSPS) is 21.9. The van der Waals surface area contributed by atoms with Gasteiger partial charge in [0.2, 0.25) is 0 Å². The number of amides is 1. The number of aliphatic hydroxyl groups excluding tert-OH is 1. The van der Waals surface area contributed by atoms with Crippen LogP contribution in [0, 0.1) is 5.92 Å². The quantitative estimate of drug-likeness (QED) is 0.918. The van der Waals surface area contributed by atoms with E-state index < -0.39 is 0 Å². The summed E-state index contributed by atoms with van der Waals surface area (Å²) in [6, 6.07) is 3.54. The van der Waals surface area contributed by atoms with Crippen molar-refractivity contribution in [2.24, 2.45) is 5.92 Å². The summed E-state index contributed by atoms with van der Waals surface area (Å²) in [6.45, 7) is 0.611. The molecule has 1 amide bonds. The van der Waals surface area contributed by atoms with Gasteiger partial charge >= 0.3 is 0 Å². The molecule has 0 radical (unpaired) electrons. The minimum Gasteiger partial charge on any atom is -0.393 e. The number of carbonyl (C=O) groups excluding carboxylic acids is 1. The molecular weight excluding hydrogens is 266 g/mol. The first-order valence-electron chi connectivity index (χ1n) is 7.56. The fraction of sp³-hybridized carbons (Fsp3) is 0.625. The number of rotatable bonds is 4. The monoisotopic (exact) mass is 291 g/mol. The van der Waals surface area contributed by atoms with Crippen molar-refractivity contribution in [2.45, 2.75) is 31.8 Å². The van der Waals surface area contributed by atoms with Gasteiger partial charge in [0.25, 0.3) is 5.91 Å². The highest BCUT2D eigenvalue weighted by Crippen LogP contribution is 2.25. The van der Waals surface area contributed by atoms with Gasteiger partial charge in [0.15, 0.2) is 0 Å². The summed E-state index contributed by atoms with van der Waals surface area (Å²) in [5, 5.41) is 10.0. The second-order valence-corrected chi connectivity index (χ2v) is 6.09. The minimum absolute atomic E-state index is 0.0155. The molecule has 1 aliphatic rings. The van der Waals surface area contributed by atoms with Crippen LogP contribution in [0.4, 0.5) is 5.82 Å². The van der Waals surface area contributed by atoms with Crippen LogP contribution in [0.3, 0.4) is 0 Å². The number of hydrogen-bond acceptors (Lipinski definition) is 4. The van der Waals surface area contributed by atoms with Gasteiger partial charge in [0, 0.05) is 45.4 Å². The number of anilines is 1. The van der Waals surface area contributed by atoms with Crippen molar-refractivity contribution < 1.29 is 9.90 Å². The van der Waals surface area contributed by atoms with Gasteiger partial charge in [-0.05, 0) is 25.0 Å². The second-order valence-electron chi connectivity index (χ2n) is 6.09. The molecule has 21 heavy (non-hydrogen) atoms. The van der Waals surface area contributed by atoms with E-state index >= 15 is 0 Å². The van der Waals surface area contributed by atoms with E-state index in [1.807, 2.05) is 19.0 Å². The molecule has 2 atom stereocenters. The van der Waals surface area contributed by atoms with Crippen LogP contribution < -0.4 is 4.90 Å². The Bertz CT molecular complexity index is 490. The number of nitrogens with zero attached hydrogens (tertiary/aromatic N) is 3. The standard InChI is InChI=1S/C16H25N3O2/c1-18(2)15-10-12(8-9-17-15)16(21)19(3)11-13-6-4-5-7-14(13)20/h8-10,13-14,20H,4-7,11H2,1-3H3. The average Bonchev–Trinajstić information content (AvgIpc) is 2.49. The average molecular weight is 291 g/mol. The fourth-order valence-electron chi connectivity index (χ4n) is 2.85. The van der Waals surface area contributed by atoms with Gasteiger partial charge in [-0.25, -0.2) is 4.98 Å². The van der Waals surface area contributed by atoms with E-state index in [1.165, 1.54) is 0 Å². The van der Waals surface area contributed by atoms with Crippen LogP contribution in [0.15, 0.2) is 18.3 Å². The zero-order chi connectivity index (χ0) is 15.4. The van der Waals surface area contributed by atoms with Crippen molar-refractivity contribution in [3.8, 4) is 0 Å². The molecule has 1 aromatic rings. The second kappa shape index (κ2) is 6.89. The summed E-state index contributed by atoms with van der Waals surface area (Å²) in [5.74, 6) is 0.952. The van der Waals surface area contributed by atoms with E-state index in [9.17, 15) is 9.90 Å². The Morgan fingerprint density at radius 2 is 2.05 bits per heavy atom. The SMILES string of the molecule is CN(CC1CCCCC1O)C(=O)c1ccnc(N(C)C)c1. The van der Waals surface area contributed by atoms with Gasteiger partial charge in [0.1, 0.15) is 5.82 Å². The predicted molar refractivity (Wildman–Crippen MR) is 83.5 cm³/mol. The minimum atomic E-state index is -0.274. The zero-order valence-electron chi connectivity index (χ0n) is 13.1. The van der Waals surface area contributed by atoms with E-state index in [4.69, 9.17) is 0 Å². The smallest absolute Gasteiger partial charge is 0.253 e. The Hall–Kier alpha value is -1.62. The van der Waals surface area contributed by atoms with Crippen molar-refractivity contribution in [1.82, 2.24) is 9.88 Å². The summed E-state index contributed by atoms with van der Waals surface area (Å²) in [4.78, 5) is 20.3. The molecular formula is C16H25N3O2. The van der Waals surface area contributed by atoms with E-state index in [0.717, 1.165) is 31.5 Å². The molecule has 5 heteroatoms. The number of aromatic nitrogens is 1. The van der Waals surface area contributed by atoms with Gasteiger partial charge < -0.3 is 14.9 Å². The molecule has 5 nitrogen and oxygen atoms in total. The Labute approximate surface area is 126 Å². The summed E-state index contributed by atoms with van der Waals surface area (Å²) < 4.78 is 0. The van der Waals surface area contributed by atoms with Crippen LogP contribution in [0.1, 0.15) is 36.0 Å². The summed E-state index contributed by atoms with van der Waals surface area (Å²) in [6.07, 6.45) is 5.47. The molecule has 1 N–H and O–H groups in total. The molecule has 0 spiro atoms. The first-order chi connectivity index (χ1) is 9.99. The molecule has 0 aromatic carbocycles. The lowest BCUT2D eigenvalue weighted by Gasteiger charge is -2.31. The zero-order valence-corrected chi connectivity index (χ0v) is 13.1. The van der Waals surface area contributed by atoms with Gasteiger partial charge in [-0.15, -0.1) is 0 Å². The Balaban J connectivity index is 2.03. The number of hydrogen-bond donors (Lipinski definition) is 1. The van der Waals surface area contributed by atoms with Crippen molar-refractivity contribution in [3.05, 3.63) is 23.9 Å². The van der Waals surface area contributed by atoms with Crippen LogP contribution in [0.2, 0.25) is 0 Å². The molecule has 1 aromatic heterocycles. The Morgan fingerprint density at radius 1 is 1.33 bits per heavy atom. The maximum Gasteiger partial charge on any atom is 0.253 e. The molecule has 1 saturated carbocycles. The van der Waals surface area contributed by atoms with Crippen molar-refractivity contribution >= 4 is 11.7 Å². The summed E-state index contributed by atoms with van der Waals surface area (Å²) in [7, 11) is 5.61. The van der Waals surface area contributed by atoms with Gasteiger partial charge in [0.05, 0.1) is 6.10 Å². The van der Waals surface area contributed by atoms with E-state index in [0.29, 0.717) is 12.1 Å². The van der Waals surface area contributed by atoms with E-state index in [1.54, 1.807) is 30.3 Å². The highest BCUT2D eigenvalue weighted by atomic mass is 16.3. The Morgan fingerprint density at radius 3 is 2.71 bits per heavy atom. The van der Waals surface area contributed by atoms with Crippen LogP contribution in [0.5, 0.6) is 0 Å². The maximum atomic E-state index is 12.5. The highest BCUT2D eigenvalue weighted by Gasteiger charge is 2.26. The molecule has 1 aliphatic carbocycles. The number of aliphatic hydroxyl groups is 1. The maximum absolute atomic E-state index is 12.5. The lowest BCUT2D eigenvalue weighted by molar-refractivity contribution is 0.0451. The topological polar surface area (TPSA) is 56.7 Å². The van der Waals surface area contributed by atoms with Crippen LogP contribution in [0.25, 0.3) is 0 Å². The summed E-state index contributed by atoms with van der Waals surface area (Å²) >= 11 is 0. The lowest BCUT2D eigenvalue weighted by Crippen LogP contribution is -2.38. The number of pyridine rings is 1. The highest BCUT2D eigenvalue weighted by molar-refractivity contribution is 5.94. The van der Waals surface area contributed by atoms with Gasteiger partial charge in [-0.2, -0.15) is 0 Å². The Kier molecular flexibility index (Phi) is 5.17. The molecule has 0 saturated heterocycles. The van der Waals surface area contributed by atoms with E-state index in [2.05, 4.69) is 4.98 Å². The molecule has 2 rings (SSSR count). The third kappa shape index (κ3) is 3.94. The molecule has 0 aliphatic heterocycles. The predicted octanol–water partition coefficient (Wildman–Crippen LogP) is 1.77. The van der Waals surface area contributed by atoms with Crippen molar-refractivity contribution in [3.63, 3.8) is 0 Å². The van der Waals surface area contributed by atoms with Crippen molar-refractivity contribution in [2.75, 3.05) is 32.6 Å². The van der Waals surface area contributed by atoms with Crippen LogP contribution in [-0.2, 0) is 0 Å². The summed E-state index contributed by atoms with van der Waals surface area (Å²) in [5.41, 5.74) is 0.640. The molecule has 1 heterocycles. The first kappa shape index (κ1) is 15.8. The van der Waals surface area contributed by atoms with Gasteiger partial charge in [-0.1, -0.05) is 12.8 Å². The fourth-order valence-corrected chi connectivity index (χ4v) is 2.85.